The van der Waals surface area contributed by atoms with E-state index in [4.69, 9.17) is 4.74 Å². The summed E-state index contributed by atoms with van der Waals surface area (Å²) in [5, 5.41) is 2.94. The summed E-state index contributed by atoms with van der Waals surface area (Å²) in [6, 6.07) is 21.7. The van der Waals surface area contributed by atoms with Crippen molar-refractivity contribution in [3.8, 4) is 11.5 Å². The summed E-state index contributed by atoms with van der Waals surface area (Å²) in [5.74, 6) is 0.256. The summed E-state index contributed by atoms with van der Waals surface area (Å²) >= 11 is 0. The van der Waals surface area contributed by atoms with Crippen LogP contribution in [0, 0.1) is 5.92 Å². The highest BCUT2D eigenvalue weighted by molar-refractivity contribution is 6.03. The summed E-state index contributed by atoms with van der Waals surface area (Å²) in [6.07, 6.45) is 0.925. The molecule has 0 aromatic heterocycles. The van der Waals surface area contributed by atoms with E-state index in [2.05, 4.69) is 26.1 Å². The Bertz CT molecular complexity index is 1530. The number of para-hydroxylation sites is 1. The Balaban J connectivity index is 1.29. The number of Topliss-reactive ketones (excluding diaryl/α,β-unsaturated/α-hetero) is 1. The molecule has 1 N–H and O–H groups in total. The van der Waals surface area contributed by atoms with Crippen LogP contribution in [0.5, 0.6) is 11.5 Å². The molecule has 2 aliphatic rings. The quantitative estimate of drug-likeness (QED) is 0.365. The average molecular weight is 596 g/mol. The fourth-order valence-corrected chi connectivity index (χ4v) is 6.08. The Labute approximate surface area is 259 Å². The predicted molar refractivity (Wildman–Crippen MR) is 169 cm³/mol. The second kappa shape index (κ2) is 12.6. The Morgan fingerprint density at radius 3 is 2.23 bits per heavy atom. The van der Waals surface area contributed by atoms with Crippen LogP contribution >= 0.6 is 0 Å². The molecule has 44 heavy (non-hydrogen) atoms. The van der Waals surface area contributed by atoms with Crippen molar-refractivity contribution in [2.24, 2.45) is 5.92 Å². The zero-order chi connectivity index (χ0) is 31.6. The number of ketones is 1. The van der Waals surface area contributed by atoms with Crippen LogP contribution in [0.3, 0.4) is 0 Å². The summed E-state index contributed by atoms with van der Waals surface area (Å²) in [5.41, 5.74) is 1.96. The second-order valence-electron chi connectivity index (χ2n) is 13.2. The van der Waals surface area contributed by atoms with Gasteiger partial charge in [0.25, 0.3) is 11.8 Å². The van der Waals surface area contributed by atoms with Gasteiger partial charge in [0.2, 0.25) is 5.91 Å². The molecule has 5 rings (SSSR count). The second-order valence-corrected chi connectivity index (χ2v) is 13.2. The van der Waals surface area contributed by atoms with Crippen LogP contribution < -0.4 is 10.1 Å². The monoisotopic (exact) mass is 595 g/mol. The molecule has 2 unspecified atom stereocenters. The number of benzene rings is 3. The van der Waals surface area contributed by atoms with Gasteiger partial charge in [-0.25, -0.2) is 0 Å². The van der Waals surface area contributed by atoms with Crippen LogP contribution in [0.2, 0.25) is 0 Å². The van der Waals surface area contributed by atoms with Crippen LogP contribution in [0.1, 0.15) is 73.7 Å². The van der Waals surface area contributed by atoms with E-state index in [-0.39, 0.29) is 41.4 Å². The Hall–Kier alpha value is -4.46. The molecule has 3 atom stereocenters. The molecule has 2 aliphatic heterocycles. The number of nitrogens with zero attached hydrogens (tertiary/aromatic N) is 2. The highest BCUT2D eigenvalue weighted by Gasteiger charge is 2.52. The number of rotatable bonds is 8. The molecule has 0 aliphatic carbocycles. The zero-order valence-electron chi connectivity index (χ0n) is 26.1. The van der Waals surface area contributed by atoms with E-state index in [9.17, 15) is 19.2 Å². The van der Waals surface area contributed by atoms with Gasteiger partial charge in [-0.05, 0) is 72.2 Å². The van der Waals surface area contributed by atoms with Gasteiger partial charge < -0.3 is 19.9 Å². The van der Waals surface area contributed by atoms with Crippen LogP contribution in [0.4, 0.5) is 0 Å². The van der Waals surface area contributed by atoms with Crippen LogP contribution in [0.25, 0.3) is 0 Å². The van der Waals surface area contributed by atoms with Crippen molar-refractivity contribution in [1.29, 1.82) is 0 Å². The molecule has 0 radical (unpaired) electrons. The number of likely N-dealkylation sites (tertiary alicyclic amines) is 2. The van der Waals surface area contributed by atoms with Crippen molar-refractivity contribution < 1.29 is 23.9 Å². The Kier molecular flexibility index (Phi) is 8.90. The molecular formula is C36H41N3O5. The maximum Gasteiger partial charge on any atom is 0.254 e. The van der Waals surface area contributed by atoms with Gasteiger partial charge in [-0.15, -0.1) is 0 Å². The Morgan fingerprint density at radius 2 is 1.57 bits per heavy atom. The lowest BCUT2D eigenvalue weighted by atomic mass is 9.86. The summed E-state index contributed by atoms with van der Waals surface area (Å²) in [4.78, 5) is 57.3. The van der Waals surface area contributed by atoms with Crippen LogP contribution in [0.15, 0.2) is 78.9 Å². The molecule has 2 heterocycles. The molecule has 0 saturated carbocycles. The number of hydrogen-bond acceptors (Lipinski definition) is 5. The van der Waals surface area contributed by atoms with E-state index >= 15 is 0 Å². The van der Waals surface area contributed by atoms with Gasteiger partial charge in [0.1, 0.15) is 23.6 Å². The van der Waals surface area contributed by atoms with Gasteiger partial charge >= 0.3 is 0 Å². The first kappa shape index (κ1) is 31.0. The number of carbonyl (C=O) groups is 4. The van der Waals surface area contributed by atoms with Crippen LogP contribution in [-0.4, -0.2) is 64.5 Å². The van der Waals surface area contributed by atoms with Crippen molar-refractivity contribution >= 4 is 23.5 Å². The van der Waals surface area contributed by atoms with Gasteiger partial charge in [-0.3, -0.25) is 19.2 Å². The lowest BCUT2D eigenvalue weighted by molar-refractivity contribution is -0.138. The fraction of sp³-hybridized carbons (Fsp3) is 0.389. The number of ether oxygens (including phenoxy) is 1. The van der Waals surface area contributed by atoms with Gasteiger partial charge in [-0.2, -0.15) is 0 Å². The zero-order valence-corrected chi connectivity index (χ0v) is 26.1. The highest BCUT2D eigenvalue weighted by atomic mass is 16.5. The third-order valence-electron chi connectivity index (χ3n) is 8.35. The van der Waals surface area contributed by atoms with E-state index in [0.29, 0.717) is 42.0 Å². The minimum Gasteiger partial charge on any atom is -0.457 e. The summed E-state index contributed by atoms with van der Waals surface area (Å²) < 4.78 is 5.91. The van der Waals surface area contributed by atoms with Crippen LogP contribution in [-0.2, 0) is 15.0 Å². The lowest BCUT2D eigenvalue weighted by Crippen LogP contribution is -2.53. The summed E-state index contributed by atoms with van der Waals surface area (Å²) in [6.45, 7) is 10.6. The molecule has 3 amide bonds. The van der Waals surface area contributed by atoms with Crippen molar-refractivity contribution in [3.05, 3.63) is 95.6 Å². The standard InChI is InChI=1S/C36H41N3O5/c1-23(2)20-29(37-33(41)24-14-16-26(17-15-24)36(3,4)5)35(43)38-19-18-30-32(38)31(40)22-39(30)34(42)25-10-9-13-28(21-25)44-27-11-7-6-8-12-27/h6-17,21,23,29-30,32H,18-20,22H2,1-5H3,(H,37,41)/t29-,30?,32?/m0/s1. The topological polar surface area (TPSA) is 96.0 Å². The van der Waals surface area contributed by atoms with E-state index in [1.807, 2.05) is 56.3 Å². The van der Waals surface area contributed by atoms with Crippen molar-refractivity contribution in [3.63, 3.8) is 0 Å². The molecule has 8 nitrogen and oxygen atoms in total. The van der Waals surface area contributed by atoms with Gasteiger partial charge in [0, 0.05) is 17.7 Å². The van der Waals surface area contributed by atoms with E-state index in [0.717, 1.165) is 5.56 Å². The first-order valence-corrected chi connectivity index (χ1v) is 15.3. The van der Waals surface area contributed by atoms with Gasteiger partial charge in [-0.1, -0.05) is 71.0 Å². The molecule has 2 fully saturated rings. The first-order valence-electron chi connectivity index (χ1n) is 15.3. The number of hydrogen-bond donors (Lipinski definition) is 1. The fourth-order valence-electron chi connectivity index (χ4n) is 6.08. The Morgan fingerprint density at radius 1 is 0.886 bits per heavy atom. The molecule has 0 spiro atoms. The summed E-state index contributed by atoms with van der Waals surface area (Å²) in [7, 11) is 0. The minimum atomic E-state index is -0.784. The lowest BCUT2D eigenvalue weighted by Gasteiger charge is -2.29. The van der Waals surface area contributed by atoms with E-state index in [1.165, 1.54) is 0 Å². The predicted octanol–water partition coefficient (Wildman–Crippen LogP) is 5.62. The van der Waals surface area contributed by atoms with Gasteiger partial charge in [0.05, 0.1) is 12.6 Å². The maximum atomic E-state index is 13.9. The first-order chi connectivity index (χ1) is 20.9. The molecular weight excluding hydrogens is 554 g/mol. The molecule has 0 bridgehead atoms. The van der Waals surface area contributed by atoms with Crippen molar-refractivity contribution in [2.75, 3.05) is 13.1 Å². The SMILES string of the molecule is CC(C)C[C@H](NC(=O)c1ccc(C(C)(C)C)cc1)C(=O)N1CCC2C1C(=O)CN2C(=O)c1cccc(Oc2ccccc2)c1. The van der Waals surface area contributed by atoms with Crippen molar-refractivity contribution in [1.82, 2.24) is 15.1 Å². The molecule has 2 saturated heterocycles. The van der Waals surface area contributed by atoms with E-state index in [1.54, 1.807) is 46.2 Å². The molecule has 230 valence electrons. The number of nitrogens with one attached hydrogen (secondary N) is 1. The number of carbonyl (C=O) groups excluding carboxylic acids is 4. The molecule has 8 heteroatoms. The average Bonchev–Trinajstić information content (AvgIpc) is 3.57. The largest absolute Gasteiger partial charge is 0.457 e. The van der Waals surface area contributed by atoms with Crippen molar-refractivity contribution in [2.45, 2.75) is 71.0 Å². The maximum absolute atomic E-state index is 13.9. The highest BCUT2D eigenvalue weighted by Crippen LogP contribution is 2.33. The number of amides is 3. The number of fused-ring (bicyclic) bond motifs is 1. The van der Waals surface area contributed by atoms with E-state index < -0.39 is 18.1 Å². The third kappa shape index (κ3) is 6.69. The smallest absolute Gasteiger partial charge is 0.254 e. The normalized spacial score (nSPS) is 18.7. The minimum absolute atomic E-state index is 0.0424. The molecule has 3 aromatic rings. The third-order valence-corrected chi connectivity index (χ3v) is 8.35. The molecule has 3 aromatic carbocycles. The van der Waals surface area contributed by atoms with Gasteiger partial charge in [0.15, 0.2) is 5.78 Å².